The zero-order valence-electron chi connectivity index (χ0n) is 12.6. The second-order valence-corrected chi connectivity index (χ2v) is 6.20. The van der Waals surface area contributed by atoms with Crippen LogP contribution in [0.15, 0.2) is 24.0 Å². The molecular weight excluding hydrogens is 268 g/mol. The summed E-state index contributed by atoms with van der Waals surface area (Å²) in [4.78, 5) is 12.1. The summed E-state index contributed by atoms with van der Waals surface area (Å²) in [7, 11) is 2.12. The van der Waals surface area contributed by atoms with Crippen LogP contribution in [-0.2, 0) is 13.1 Å². The van der Waals surface area contributed by atoms with Crippen LogP contribution in [0.5, 0.6) is 0 Å². The highest BCUT2D eigenvalue weighted by atomic mass is 32.1. The number of nitrogens with one attached hydrogen (secondary N) is 1. The van der Waals surface area contributed by atoms with Gasteiger partial charge in [-0.15, -0.1) is 11.3 Å². The van der Waals surface area contributed by atoms with Gasteiger partial charge in [-0.1, -0.05) is 13.8 Å². The molecule has 0 aliphatic heterocycles. The Kier molecular flexibility index (Phi) is 5.09. The molecule has 0 saturated heterocycles. The molecule has 0 fully saturated rings. The van der Waals surface area contributed by atoms with E-state index in [2.05, 4.69) is 54.1 Å². The zero-order valence-corrected chi connectivity index (χ0v) is 13.4. The van der Waals surface area contributed by atoms with Crippen LogP contribution < -0.4 is 10.2 Å². The Bertz CT molecular complexity index is 550. The van der Waals surface area contributed by atoms with E-state index in [9.17, 15) is 0 Å². The van der Waals surface area contributed by atoms with E-state index in [1.807, 2.05) is 17.9 Å². The number of aryl methyl sites for hydroxylation is 1. The Morgan fingerprint density at radius 1 is 1.40 bits per heavy atom. The van der Waals surface area contributed by atoms with Gasteiger partial charge in [0.2, 0.25) is 0 Å². The molecule has 0 radical (unpaired) electrons. The number of rotatable bonds is 6. The molecule has 108 valence electrons. The molecule has 0 saturated carbocycles. The summed E-state index contributed by atoms with van der Waals surface area (Å²) in [6.07, 6.45) is 3.80. The molecule has 2 heterocycles. The maximum atomic E-state index is 4.31. The van der Waals surface area contributed by atoms with Gasteiger partial charge in [0, 0.05) is 48.2 Å². The van der Waals surface area contributed by atoms with Crippen LogP contribution in [0.1, 0.15) is 30.0 Å². The van der Waals surface area contributed by atoms with Crippen LogP contribution in [0, 0.1) is 6.92 Å². The number of thiazole rings is 1. The number of hydrogen-bond acceptors (Lipinski definition) is 5. The third kappa shape index (κ3) is 3.77. The van der Waals surface area contributed by atoms with Crippen LogP contribution in [0.2, 0.25) is 0 Å². The van der Waals surface area contributed by atoms with Crippen molar-refractivity contribution in [1.82, 2.24) is 15.3 Å². The number of pyridine rings is 1. The van der Waals surface area contributed by atoms with Crippen LogP contribution in [-0.4, -0.2) is 23.1 Å². The molecule has 0 aliphatic rings. The first kappa shape index (κ1) is 14.9. The van der Waals surface area contributed by atoms with E-state index >= 15 is 0 Å². The van der Waals surface area contributed by atoms with E-state index < -0.39 is 0 Å². The van der Waals surface area contributed by atoms with Gasteiger partial charge in [-0.25, -0.2) is 4.98 Å². The third-order valence-corrected chi connectivity index (χ3v) is 4.14. The van der Waals surface area contributed by atoms with Crippen LogP contribution in [0.25, 0.3) is 0 Å². The van der Waals surface area contributed by atoms with E-state index in [1.165, 1.54) is 16.1 Å². The SMILES string of the molecule is Cc1ncsc1CN(C)c1ccncc1CNC(C)C. The number of anilines is 1. The topological polar surface area (TPSA) is 41.1 Å². The molecule has 20 heavy (non-hydrogen) atoms. The lowest BCUT2D eigenvalue weighted by atomic mass is 10.2. The lowest BCUT2D eigenvalue weighted by Crippen LogP contribution is -2.24. The molecule has 0 aliphatic carbocycles. The maximum absolute atomic E-state index is 4.31. The predicted octanol–water partition coefficient (Wildman–Crippen LogP) is 2.98. The highest BCUT2D eigenvalue weighted by Gasteiger charge is 2.10. The minimum atomic E-state index is 0.470. The Hall–Kier alpha value is -1.46. The van der Waals surface area contributed by atoms with Crippen LogP contribution in [0.3, 0.4) is 0 Å². The predicted molar refractivity (Wildman–Crippen MR) is 85.2 cm³/mol. The van der Waals surface area contributed by atoms with E-state index in [4.69, 9.17) is 0 Å². The van der Waals surface area contributed by atoms with Gasteiger partial charge < -0.3 is 10.2 Å². The minimum Gasteiger partial charge on any atom is -0.369 e. The monoisotopic (exact) mass is 290 g/mol. The molecule has 1 N–H and O–H groups in total. The molecule has 0 amide bonds. The zero-order chi connectivity index (χ0) is 14.5. The number of aromatic nitrogens is 2. The van der Waals surface area contributed by atoms with Crippen molar-refractivity contribution in [3.63, 3.8) is 0 Å². The van der Waals surface area contributed by atoms with Crippen molar-refractivity contribution in [2.75, 3.05) is 11.9 Å². The molecule has 0 spiro atoms. The summed E-state index contributed by atoms with van der Waals surface area (Å²) in [6.45, 7) is 8.09. The highest BCUT2D eigenvalue weighted by Crippen LogP contribution is 2.22. The van der Waals surface area contributed by atoms with Gasteiger partial charge in [-0.3, -0.25) is 4.98 Å². The third-order valence-electron chi connectivity index (χ3n) is 3.22. The average Bonchev–Trinajstić information content (AvgIpc) is 2.82. The second kappa shape index (κ2) is 6.81. The summed E-state index contributed by atoms with van der Waals surface area (Å²) >= 11 is 1.71. The van der Waals surface area contributed by atoms with Crippen molar-refractivity contribution in [3.8, 4) is 0 Å². The van der Waals surface area contributed by atoms with E-state index in [-0.39, 0.29) is 0 Å². The molecule has 2 rings (SSSR count). The average molecular weight is 290 g/mol. The summed E-state index contributed by atoms with van der Waals surface area (Å²) in [5.41, 5.74) is 5.48. The number of nitrogens with zero attached hydrogens (tertiary/aromatic N) is 3. The van der Waals surface area contributed by atoms with Gasteiger partial charge >= 0.3 is 0 Å². The Balaban J connectivity index is 2.12. The summed E-state index contributed by atoms with van der Waals surface area (Å²) < 4.78 is 0. The van der Waals surface area contributed by atoms with Crippen molar-refractivity contribution < 1.29 is 0 Å². The highest BCUT2D eigenvalue weighted by molar-refractivity contribution is 7.09. The maximum Gasteiger partial charge on any atom is 0.0798 e. The molecule has 0 bridgehead atoms. The summed E-state index contributed by atoms with van der Waals surface area (Å²) in [6, 6.07) is 2.55. The van der Waals surface area contributed by atoms with Crippen molar-refractivity contribution in [3.05, 3.63) is 40.1 Å². The Morgan fingerprint density at radius 3 is 2.85 bits per heavy atom. The van der Waals surface area contributed by atoms with Crippen molar-refractivity contribution in [2.45, 2.75) is 39.9 Å². The van der Waals surface area contributed by atoms with E-state index in [0.717, 1.165) is 18.8 Å². The molecule has 0 aromatic carbocycles. The number of hydrogen-bond donors (Lipinski definition) is 1. The van der Waals surface area contributed by atoms with Crippen molar-refractivity contribution in [1.29, 1.82) is 0 Å². The van der Waals surface area contributed by atoms with Crippen molar-refractivity contribution in [2.24, 2.45) is 0 Å². The minimum absolute atomic E-state index is 0.470. The Morgan fingerprint density at radius 2 is 2.20 bits per heavy atom. The fraction of sp³-hybridized carbons (Fsp3) is 0.467. The first-order valence-corrected chi connectivity index (χ1v) is 7.72. The van der Waals surface area contributed by atoms with Crippen LogP contribution >= 0.6 is 11.3 Å². The first-order valence-electron chi connectivity index (χ1n) is 6.84. The van der Waals surface area contributed by atoms with Crippen molar-refractivity contribution >= 4 is 17.0 Å². The largest absolute Gasteiger partial charge is 0.369 e. The van der Waals surface area contributed by atoms with Gasteiger partial charge in [-0.2, -0.15) is 0 Å². The second-order valence-electron chi connectivity index (χ2n) is 5.26. The van der Waals surface area contributed by atoms with Gasteiger partial charge in [0.25, 0.3) is 0 Å². The normalized spacial score (nSPS) is 11.1. The fourth-order valence-corrected chi connectivity index (χ4v) is 2.85. The first-order chi connectivity index (χ1) is 9.58. The Labute approximate surface area is 124 Å². The molecule has 0 atom stereocenters. The van der Waals surface area contributed by atoms with E-state index in [0.29, 0.717) is 6.04 Å². The molecule has 0 unspecified atom stereocenters. The molecular formula is C15H22N4S. The molecule has 2 aromatic heterocycles. The van der Waals surface area contributed by atoms with Crippen LogP contribution in [0.4, 0.5) is 5.69 Å². The van der Waals surface area contributed by atoms with Gasteiger partial charge in [0.15, 0.2) is 0 Å². The lowest BCUT2D eigenvalue weighted by molar-refractivity contribution is 0.587. The van der Waals surface area contributed by atoms with E-state index in [1.54, 1.807) is 11.3 Å². The van der Waals surface area contributed by atoms with Gasteiger partial charge in [0.05, 0.1) is 17.7 Å². The molecule has 2 aromatic rings. The standard InChI is InChI=1S/C15H22N4S/c1-11(2)17-8-13-7-16-6-5-14(13)19(4)9-15-12(3)18-10-20-15/h5-7,10-11,17H,8-9H2,1-4H3. The fourth-order valence-electron chi connectivity index (χ4n) is 2.02. The van der Waals surface area contributed by atoms with Gasteiger partial charge in [-0.05, 0) is 13.0 Å². The lowest BCUT2D eigenvalue weighted by Gasteiger charge is -2.22. The molecule has 4 nitrogen and oxygen atoms in total. The van der Waals surface area contributed by atoms with Gasteiger partial charge in [0.1, 0.15) is 0 Å². The quantitative estimate of drug-likeness (QED) is 0.888. The summed E-state index contributed by atoms with van der Waals surface area (Å²) in [5.74, 6) is 0. The summed E-state index contributed by atoms with van der Waals surface area (Å²) in [5, 5.41) is 3.45. The smallest absolute Gasteiger partial charge is 0.0798 e. The molecule has 5 heteroatoms.